The summed E-state index contributed by atoms with van der Waals surface area (Å²) in [5.74, 6) is 0.224. The fourth-order valence-electron chi connectivity index (χ4n) is 3.23. The zero-order valence-corrected chi connectivity index (χ0v) is 13.0. The molecule has 0 saturated heterocycles. The molecule has 4 heteroatoms. The standard InChI is InChI=1S/C15H31N3O/c1-4-18(12-8-9-14(19)17(2)3)15(13-16)10-6-5-7-11-15/h4-13,16H2,1-3H3. The summed E-state index contributed by atoms with van der Waals surface area (Å²) in [5.41, 5.74) is 6.28. The molecule has 0 radical (unpaired) electrons. The Hall–Kier alpha value is -0.610. The van der Waals surface area contributed by atoms with Gasteiger partial charge in [-0.25, -0.2) is 0 Å². The van der Waals surface area contributed by atoms with E-state index in [1.807, 2.05) is 14.1 Å². The molecule has 2 N–H and O–H groups in total. The first-order valence-corrected chi connectivity index (χ1v) is 7.71. The number of hydrogen-bond donors (Lipinski definition) is 1. The monoisotopic (exact) mass is 269 g/mol. The van der Waals surface area contributed by atoms with Crippen molar-refractivity contribution in [3.05, 3.63) is 0 Å². The van der Waals surface area contributed by atoms with Gasteiger partial charge in [-0.1, -0.05) is 26.2 Å². The van der Waals surface area contributed by atoms with Crippen LogP contribution in [0.25, 0.3) is 0 Å². The summed E-state index contributed by atoms with van der Waals surface area (Å²) >= 11 is 0. The van der Waals surface area contributed by atoms with Gasteiger partial charge in [-0.05, 0) is 32.4 Å². The second kappa shape index (κ2) is 7.85. The van der Waals surface area contributed by atoms with E-state index in [4.69, 9.17) is 5.73 Å². The van der Waals surface area contributed by atoms with Crippen molar-refractivity contribution < 1.29 is 4.79 Å². The van der Waals surface area contributed by atoms with Crippen LogP contribution in [0.3, 0.4) is 0 Å². The number of nitrogens with two attached hydrogens (primary N) is 1. The molecule has 0 aliphatic heterocycles. The SMILES string of the molecule is CCN(CCCC(=O)N(C)C)C1(CN)CCCCC1. The molecule has 0 aromatic heterocycles. The number of carbonyl (C=O) groups excluding carboxylic acids is 1. The number of hydrogen-bond acceptors (Lipinski definition) is 3. The van der Waals surface area contributed by atoms with Gasteiger partial charge in [0.2, 0.25) is 5.91 Å². The van der Waals surface area contributed by atoms with Crippen molar-refractivity contribution in [2.75, 3.05) is 33.7 Å². The molecule has 1 fully saturated rings. The minimum Gasteiger partial charge on any atom is -0.349 e. The summed E-state index contributed by atoms with van der Waals surface area (Å²) in [7, 11) is 3.64. The molecule has 1 amide bonds. The Morgan fingerprint density at radius 3 is 2.32 bits per heavy atom. The fraction of sp³-hybridized carbons (Fsp3) is 0.933. The highest BCUT2D eigenvalue weighted by molar-refractivity contribution is 5.75. The van der Waals surface area contributed by atoms with Crippen LogP contribution >= 0.6 is 0 Å². The van der Waals surface area contributed by atoms with Crippen molar-refractivity contribution in [3.8, 4) is 0 Å². The molecular weight excluding hydrogens is 238 g/mol. The van der Waals surface area contributed by atoms with Gasteiger partial charge >= 0.3 is 0 Å². The van der Waals surface area contributed by atoms with Crippen molar-refractivity contribution in [1.29, 1.82) is 0 Å². The first-order valence-electron chi connectivity index (χ1n) is 7.71. The maximum Gasteiger partial charge on any atom is 0.222 e. The van der Waals surface area contributed by atoms with Crippen LogP contribution in [0.1, 0.15) is 51.9 Å². The van der Waals surface area contributed by atoms with Crippen LogP contribution < -0.4 is 5.73 Å². The summed E-state index contributed by atoms with van der Waals surface area (Å²) < 4.78 is 0. The lowest BCUT2D eigenvalue weighted by Crippen LogP contribution is -2.55. The second-order valence-electron chi connectivity index (χ2n) is 5.96. The summed E-state index contributed by atoms with van der Waals surface area (Å²) in [6, 6.07) is 0. The zero-order valence-electron chi connectivity index (χ0n) is 13.0. The van der Waals surface area contributed by atoms with Gasteiger partial charge in [0.05, 0.1) is 0 Å². The molecule has 0 bridgehead atoms. The highest BCUT2D eigenvalue weighted by atomic mass is 16.2. The van der Waals surface area contributed by atoms with Crippen LogP contribution in [0.5, 0.6) is 0 Å². The molecule has 0 spiro atoms. The highest BCUT2D eigenvalue weighted by Gasteiger charge is 2.35. The predicted octanol–water partition coefficient (Wildman–Crippen LogP) is 1.84. The minimum atomic E-state index is 0.203. The third-order valence-electron chi connectivity index (χ3n) is 4.53. The fourth-order valence-corrected chi connectivity index (χ4v) is 3.23. The molecule has 0 heterocycles. The van der Waals surface area contributed by atoms with Crippen molar-refractivity contribution >= 4 is 5.91 Å². The van der Waals surface area contributed by atoms with E-state index < -0.39 is 0 Å². The molecule has 1 rings (SSSR count). The molecule has 19 heavy (non-hydrogen) atoms. The van der Waals surface area contributed by atoms with E-state index in [2.05, 4.69) is 11.8 Å². The van der Waals surface area contributed by atoms with Crippen LogP contribution in [-0.2, 0) is 4.79 Å². The van der Waals surface area contributed by atoms with Crippen LogP contribution in [0.2, 0.25) is 0 Å². The van der Waals surface area contributed by atoms with Gasteiger partial charge in [-0.15, -0.1) is 0 Å². The van der Waals surface area contributed by atoms with Gasteiger partial charge in [0.25, 0.3) is 0 Å². The summed E-state index contributed by atoms with van der Waals surface area (Å²) in [6.07, 6.45) is 7.96. The predicted molar refractivity (Wildman–Crippen MR) is 80.0 cm³/mol. The third-order valence-corrected chi connectivity index (χ3v) is 4.53. The molecule has 1 aliphatic carbocycles. The topological polar surface area (TPSA) is 49.6 Å². The normalized spacial score (nSPS) is 18.6. The molecule has 0 unspecified atom stereocenters. The molecular formula is C15H31N3O. The van der Waals surface area contributed by atoms with Crippen molar-refractivity contribution in [2.45, 2.75) is 57.4 Å². The van der Waals surface area contributed by atoms with E-state index in [1.54, 1.807) is 4.90 Å². The number of amides is 1. The lowest BCUT2D eigenvalue weighted by Gasteiger charge is -2.45. The quantitative estimate of drug-likeness (QED) is 0.767. The summed E-state index contributed by atoms with van der Waals surface area (Å²) in [4.78, 5) is 15.8. The number of rotatable bonds is 7. The van der Waals surface area contributed by atoms with E-state index >= 15 is 0 Å². The average Bonchev–Trinajstić information content (AvgIpc) is 2.43. The first-order chi connectivity index (χ1) is 9.05. The third kappa shape index (κ3) is 4.46. The van der Waals surface area contributed by atoms with Gasteiger partial charge in [-0.2, -0.15) is 0 Å². The van der Waals surface area contributed by atoms with Gasteiger partial charge < -0.3 is 10.6 Å². The van der Waals surface area contributed by atoms with Crippen LogP contribution in [0, 0.1) is 0 Å². The molecule has 1 saturated carbocycles. The van der Waals surface area contributed by atoms with Crippen LogP contribution in [0.4, 0.5) is 0 Å². The van der Waals surface area contributed by atoms with E-state index in [0.29, 0.717) is 6.42 Å². The summed E-state index contributed by atoms with van der Waals surface area (Å²) in [6.45, 7) is 4.99. The molecule has 0 aromatic rings. The summed E-state index contributed by atoms with van der Waals surface area (Å²) in [5, 5.41) is 0. The Morgan fingerprint density at radius 2 is 1.84 bits per heavy atom. The Labute approximate surface area is 118 Å². The average molecular weight is 269 g/mol. The smallest absolute Gasteiger partial charge is 0.222 e. The molecule has 4 nitrogen and oxygen atoms in total. The first kappa shape index (κ1) is 16.4. The van der Waals surface area contributed by atoms with Crippen LogP contribution in [0.15, 0.2) is 0 Å². The van der Waals surface area contributed by atoms with Crippen LogP contribution in [-0.4, -0.2) is 55.0 Å². The number of nitrogens with zero attached hydrogens (tertiary/aromatic N) is 2. The van der Waals surface area contributed by atoms with Gasteiger partial charge in [0.15, 0.2) is 0 Å². The zero-order chi connectivity index (χ0) is 14.3. The largest absolute Gasteiger partial charge is 0.349 e. The van der Waals surface area contributed by atoms with Crippen molar-refractivity contribution in [3.63, 3.8) is 0 Å². The van der Waals surface area contributed by atoms with E-state index in [-0.39, 0.29) is 11.4 Å². The highest BCUT2D eigenvalue weighted by Crippen LogP contribution is 2.33. The van der Waals surface area contributed by atoms with Gasteiger partial charge in [0.1, 0.15) is 0 Å². The molecule has 0 atom stereocenters. The molecule has 1 aliphatic rings. The van der Waals surface area contributed by atoms with Gasteiger partial charge in [0, 0.05) is 32.6 Å². The van der Waals surface area contributed by atoms with Crippen molar-refractivity contribution in [2.24, 2.45) is 5.73 Å². The Bertz CT molecular complexity index is 273. The maximum atomic E-state index is 11.6. The van der Waals surface area contributed by atoms with E-state index in [0.717, 1.165) is 26.1 Å². The lowest BCUT2D eigenvalue weighted by molar-refractivity contribution is -0.128. The Balaban J connectivity index is 2.49. The van der Waals surface area contributed by atoms with Gasteiger partial charge in [-0.3, -0.25) is 9.69 Å². The number of likely N-dealkylation sites (N-methyl/N-ethyl adjacent to an activating group) is 1. The minimum absolute atomic E-state index is 0.203. The Kier molecular flexibility index (Phi) is 6.80. The number of carbonyl (C=O) groups is 1. The van der Waals surface area contributed by atoms with E-state index in [1.165, 1.54) is 32.1 Å². The van der Waals surface area contributed by atoms with E-state index in [9.17, 15) is 4.79 Å². The Morgan fingerprint density at radius 1 is 1.21 bits per heavy atom. The maximum absolute atomic E-state index is 11.6. The van der Waals surface area contributed by atoms with Crippen molar-refractivity contribution in [1.82, 2.24) is 9.80 Å². The lowest BCUT2D eigenvalue weighted by atomic mass is 9.80. The second-order valence-corrected chi connectivity index (χ2v) is 5.96. The molecule has 112 valence electrons. The molecule has 0 aromatic carbocycles.